The highest BCUT2D eigenvalue weighted by atomic mass is 31.0. The molecule has 0 aromatic heterocycles. The Hall–Kier alpha value is -0.550. The van der Waals surface area contributed by atoms with Gasteiger partial charge in [0.25, 0.3) is 0 Å². The first kappa shape index (κ1) is 8.55. The molecule has 0 fully saturated rings. The van der Waals surface area contributed by atoms with Crippen LogP contribution in [0.15, 0.2) is 6.07 Å². The zero-order valence-electron chi connectivity index (χ0n) is 7.23. The largest absolute Gasteiger partial charge is 0.398 e. The fourth-order valence-electron chi connectivity index (χ4n) is 1.13. The van der Waals surface area contributed by atoms with Gasteiger partial charge in [-0.1, -0.05) is 0 Å². The first-order valence-corrected chi connectivity index (χ1v) is 4.23. The Kier molecular flexibility index (Phi) is 2.20. The van der Waals surface area contributed by atoms with E-state index in [0.717, 1.165) is 11.0 Å². The quantitative estimate of drug-likeness (QED) is 0.462. The van der Waals surface area contributed by atoms with Crippen LogP contribution in [-0.2, 0) is 0 Å². The van der Waals surface area contributed by atoms with Crippen molar-refractivity contribution >= 4 is 20.2 Å². The van der Waals surface area contributed by atoms with Gasteiger partial charge in [-0.3, -0.25) is 0 Å². The van der Waals surface area contributed by atoms with Crippen LogP contribution in [0.1, 0.15) is 16.7 Å². The molecule has 0 spiro atoms. The summed E-state index contributed by atoms with van der Waals surface area (Å²) in [6.07, 6.45) is 0. The lowest BCUT2D eigenvalue weighted by molar-refractivity contribution is 1.29. The molecule has 0 amide bonds. The van der Waals surface area contributed by atoms with E-state index in [1.54, 1.807) is 0 Å². The molecule has 0 saturated heterocycles. The van der Waals surface area contributed by atoms with Gasteiger partial charge in [0, 0.05) is 5.69 Å². The van der Waals surface area contributed by atoms with Crippen LogP contribution in [0.2, 0.25) is 0 Å². The molecule has 0 radical (unpaired) electrons. The molecular formula is C9H14NP. The molecular weight excluding hydrogens is 153 g/mol. The normalized spacial score (nSPS) is 10.2. The molecule has 1 atom stereocenters. The molecule has 0 saturated carbocycles. The number of aryl methyl sites for hydroxylation is 1. The highest BCUT2D eigenvalue weighted by Gasteiger charge is 2.03. The average Bonchev–Trinajstić information content (AvgIpc) is 1.97. The summed E-state index contributed by atoms with van der Waals surface area (Å²) >= 11 is 0. The second-order valence-electron chi connectivity index (χ2n) is 2.95. The van der Waals surface area contributed by atoms with Crippen molar-refractivity contribution in [3.8, 4) is 0 Å². The summed E-state index contributed by atoms with van der Waals surface area (Å²) in [7, 11) is 2.68. The zero-order valence-corrected chi connectivity index (χ0v) is 8.39. The summed E-state index contributed by atoms with van der Waals surface area (Å²) in [6, 6.07) is 2.02. The van der Waals surface area contributed by atoms with Crippen molar-refractivity contribution in [2.24, 2.45) is 0 Å². The van der Waals surface area contributed by atoms with E-state index in [0.29, 0.717) is 0 Å². The minimum absolute atomic E-state index is 0.871. The number of anilines is 1. The van der Waals surface area contributed by atoms with Crippen molar-refractivity contribution in [2.45, 2.75) is 20.8 Å². The lowest BCUT2D eigenvalue weighted by Crippen LogP contribution is -2.08. The van der Waals surface area contributed by atoms with Crippen molar-refractivity contribution in [1.29, 1.82) is 0 Å². The summed E-state index contributed by atoms with van der Waals surface area (Å²) < 4.78 is 0. The third-order valence-corrected chi connectivity index (χ3v) is 3.01. The first-order chi connectivity index (χ1) is 5.04. The maximum absolute atomic E-state index is 5.77. The highest BCUT2D eigenvalue weighted by Crippen LogP contribution is 2.16. The van der Waals surface area contributed by atoms with Gasteiger partial charge in [-0.15, -0.1) is 9.24 Å². The van der Waals surface area contributed by atoms with Crippen LogP contribution < -0.4 is 11.0 Å². The minimum atomic E-state index is 0.871. The first-order valence-electron chi connectivity index (χ1n) is 3.65. The fourth-order valence-corrected chi connectivity index (χ4v) is 1.43. The van der Waals surface area contributed by atoms with Crippen molar-refractivity contribution in [2.75, 3.05) is 5.73 Å². The van der Waals surface area contributed by atoms with E-state index in [1.165, 1.54) is 16.7 Å². The fraction of sp³-hybridized carbons (Fsp3) is 0.333. The van der Waals surface area contributed by atoms with Crippen LogP contribution in [0.3, 0.4) is 0 Å². The maximum Gasteiger partial charge on any atom is 0.0392 e. The van der Waals surface area contributed by atoms with Gasteiger partial charge in [-0.05, 0) is 48.8 Å². The van der Waals surface area contributed by atoms with Crippen LogP contribution in [0.4, 0.5) is 5.69 Å². The lowest BCUT2D eigenvalue weighted by Gasteiger charge is -2.10. The topological polar surface area (TPSA) is 26.0 Å². The summed E-state index contributed by atoms with van der Waals surface area (Å²) in [5, 5.41) is 1.13. The Morgan fingerprint density at radius 1 is 1.18 bits per heavy atom. The average molecular weight is 167 g/mol. The molecule has 2 N–H and O–H groups in total. The summed E-state index contributed by atoms with van der Waals surface area (Å²) in [5.74, 6) is 0. The molecule has 1 nitrogen and oxygen atoms in total. The summed E-state index contributed by atoms with van der Waals surface area (Å²) in [4.78, 5) is 0. The molecule has 0 heterocycles. The van der Waals surface area contributed by atoms with Gasteiger partial charge in [0.1, 0.15) is 0 Å². The van der Waals surface area contributed by atoms with Gasteiger partial charge in [0.2, 0.25) is 0 Å². The molecule has 1 rings (SSSR count). The van der Waals surface area contributed by atoms with Crippen LogP contribution in [0.25, 0.3) is 0 Å². The predicted octanol–water partition coefficient (Wildman–Crippen LogP) is 1.69. The maximum atomic E-state index is 5.77. The third kappa shape index (κ3) is 1.39. The standard InChI is InChI=1S/C9H14NP/c1-5-4-8(10)9(11)7(3)6(5)2/h4H,10-11H2,1-3H3. The van der Waals surface area contributed by atoms with E-state index in [1.807, 2.05) is 6.07 Å². The molecule has 0 aliphatic carbocycles. The van der Waals surface area contributed by atoms with Crippen LogP contribution in [-0.4, -0.2) is 0 Å². The highest BCUT2D eigenvalue weighted by molar-refractivity contribution is 7.28. The predicted molar refractivity (Wildman–Crippen MR) is 54.4 cm³/mol. The van der Waals surface area contributed by atoms with Gasteiger partial charge < -0.3 is 5.73 Å². The molecule has 60 valence electrons. The smallest absolute Gasteiger partial charge is 0.0392 e. The molecule has 0 bridgehead atoms. The monoisotopic (exact) mass is 167 g/mol. The van der Waals surface area contributed by atoms with E-state index in [9.17, 15) is 0 Å². The summed E-state index contributed by atoms with van der Waals surface area (Å²) in [5.41, 5.74) is 10.5. The third-order valence-electron chi connectivity index (χ3n) is 2.24. The number of hydrogen-bond donors (Lipinski definition) is 1. The molecule has 0 aliphatic heterocycles. The van der Waals surface area contributed by atoms with Crippen molar-refractivity contribution < 1.29 is 0 Å². The van der Waals surface area contributed by atoms with E-state index in [-0.39, 0.29) is 0 Å². The van der Waals surface area contributed by atoms with Gasteiger partial charge in [-0.2, -0.15) is 0 Å². The van der Waals surface area contributed by atoms with Gasteiger partial charge in [-0.25, -0.2) is 0 Å². The molecule has 1 aromatic carbocycles. The van der Waals surface area contributed by atoms with E-state index < -0.39 is 0 Å². The Bertz CT molecular complexity index is 266. The Balaban J connectivity index is 3.46. The second kappa shape index (κ2) is 2.83. The van der Waals surface area contributed by atoms with E-state index in [4.69, 9.17) is 5.73 Å². The number of rotatable bonds is 0. The van der Waals surface area contributed by atoms with Crippen molar-refractivity contribution in [1.82, 2.24) is 0 Å². The summed E-state index contributed by atoms with van der Waals surface area (Å²) in [6.45, 7) is 6.31. The molecule has 1 aromatic rings. The molecule has 1 unspecified atom stereocenters. The minimum Gasteiger partial charge on any atom is -0.398 e. The van der Waals surface area contributed by atoms with Crippen LogP contribution >= 0.6 is 9.24 Å². The number of nitrogens with two attached hydrogens (primary N) is 1. The van der Waals surface area contributed by atoms with Gasteiger partial charge >= 0.3 is 0 Å². The number of nitrogen functional groups attached to an aromatic ring is 1. The van der Waals surface area contributed by atoms with Gasteiger partial charge in [0.15, 0.2) is 0 Å². The van der Waals surface area contributed by atoms with Crippen molar-refractivity contribution in [3.63, 3.8) is 0 Å². The molecule has 11 heavy (non-hydrogen) atoms. The Labute approximate surface area is 70.2 Å². The second-order valence-corrected chi connectivity index (χ2v) is 3.52. The Morgan fingerprint density at radius 3 is 2.27 bits per heavy atom. The van der Waals surface area contributed by atoms with E-state index in [2.05, 4.69) is 30.0 Å². The lowest BCUT2D eigenvalue weighted by atomic mass is 10.0. The SMILES string of the molecule is Cc1cc(N)c(P)c(C)c1C. The van der Waals surface area contributed by atoms with Gasteiger partial charge in [0.05, 0.1) is 0 Å². The molecule has 0 aliphatic rings. The van der Waals surface area contributed by atoms with E-state index >= 15 is 0 Å². The number of benzene rings is 1. The zero-order chi connectivity index (χ0) is 8.59. The van der Waals surface area contributed by atoms with Crippen LogP contribution in [0.5, 0.6) is 0 Å². The number of hydrogen-bond acceptors (Lipinski definition) is 1. The Morgan fingerprint density at radius 2 is 1.73 bits per heavy atom. The van der Waals surface area contributed by atoms with Crippen LogP contribution in [0, 0.1) is 20.8 Å². The molecule has 2 heteroatoms. The van der Waals surface area contributed by atoms with Crippen molar-refractivity contribution in [3.05, 3.63) is 22.8 Å².